The van der Waals surface area contributed by atoms with Crippen LogP contribution in [0.3, 0.4) is 0 Å². The number of hydrogen-bond donors (Lipinski definition) is 0. The van der Waals surface area contributed by atoms with Gasteiger partial charge in [0, 0.05) is 31.5 Å². The number of aromatic nitrogens is 2. The van der Waals surface area contributed by atoms with Gasteiger partial charge in [0.05, 0.1) is 0 Å². The summed E-state index contributed by atoms with van der Waals surface area (Å²) in [5.41, 5.74) is 2.73. The number of amides is 1. The summed E-state index contributed by atoms with van der Waals surface area (Å²) in [7, 11) is 0. The average Bonchev–Trinajstić information content (AvgIpc) is 2.87. The van der Waals surface area contributed by atoms with Crippen molar-refractivity contribution in [2.75, 3.05) is 29.4 Å². The molecule has 0 aliphatic carbocycles. The van der Waals surface area contributed by atoms with Crippen LogP contribution in [-0.4, -0.2) is 35.5 Å². The summed E-state index contributed by atoms with van der Waals surface area (Å²) in [5, 5.41) is 0. The SMILES string of the molecule is O=C(c1ccnc(N2CCCCCC2)n1)N1CCc2ccccc21. The molecule has 24 heavy (non-hydrogen) atoms. The van der Waals surface area contributed by atoms with Crippen LogP contribution in [0.4, 0.5) is 11.6 Å². The number of fused-ring (bicyclic) bond motifs is 1. The molecule has 1 fully saturated rings. The van der Waals surface area contributed by atoms with E-state index in [1.807, 2.05) is 23.1 Å². The summed E-state index contributed by atoms with van der Waals surface area (Å²) in [6.07, 6.45) is 7.48. The van der Waals surface area contributed by atoms with Gasteiger partial charge in [-0.05, 0) is 37.0 Å². The highest BCUT2D eigenvalue weighted by molar-refractivity contribution is 6.06. The molecule has 0 spiro atoms. The second kappa shape index (κ2) is 6.59. The molecule has 2 aromatic rings. The second-order valence-electron chi connectivity index (χ2n) is 6.48. The van der Waals surface area contributed by atoms with Crippen molar-refractivity contribution in [3.63, 3.8) is 0 Å². The third-order valence-electron chi connectivity index (χ3n) is 4.88. The molecule has 0 unspecified atom stereocenters. The van der Waals surface area contributed by atoms with Gasteiger partial charge in [0.15, 0.2) is 0 Å². The van der Waals surface area contributed by atoms with E-state index < -0.39 is 0 Å². The predicted molar refractivity (Wildman–Crippen MR) is 94.5 cm³/mol. The number of hydrogen-bond acceptors (Lipinski definition) is 4. The fourth-order valence-corrected chi connectivity index (χ4v) is 3.58. The topological polar surface area (TPSA) is 49.3 Å². The first-order valence-electron chi connectivity index (χ1n) is 8.81. The summed E-state index contributed by atoms with van der Waals surface area (Å²) in [5.74, 6) is 0.661. The van der Waals surface area contributed by atoms with E-state index >= 15 is 0 Å². The molecule has 1 aromatic carbocycles. The molecule has 0 N–H and O–H groups in total. The predicted octanol–water partition coefficient (Wildman–Crippen LogP) is 3.06. The van der Waals surface area contributed by atoms with Crippen molar-refractivity contribution >= 4 is 17.5 Å². The number of carbonyl (C=O) groups is 1. The molecule has 0 bridgehead atoms. The van der Waals surface area contributed by atoms with E-state index in [0.717, 1.165) is 31.7 Å². The number of para-hydroxylation sites is 1. The van der Waals surface area contributed by atoms with E-state index in [4.69, 9.17) is 0 Å². The fraction of sp³-hybridized carbons (Fsp3) is 0.421. The largest absolute Gasteiger partial charge is 0.341 e. The van der Waals surface area contributed by atoms with E-state index in [-0.39, 0.29) is 5.91 Å². The first-order chi connectivity index (χ1) is 11.8. The lowest BCUT2D eigenvalue weighted by atomic mass is 10.2. The van der Waals surface area contributed by atoms with Gasteiger partial charge in [-0.1, -0.05) is 31.0 Å². The van der Waals surface area contributed by atoms with Crippen molar-refractivity contribution in [1.82, 2.24) is 9.97 Å². The average molecular weight is 322 g/mol. The molecular formula is C19H22N4O. The van der Waals surface area contributed by atoms with Crippen LogP contribution in [0.15, 0.2) is 36.5 Å². The second-order valence-corrected chi connectivity index (χ2v) is 6.48. The number of anilines is 2. The maximum Gasteiger partial charge on any atom is 0.277 e. The highest BCUT2D eigenvalue weighted by atomic mass is 16.2. The minimum absolute atomic E-state index is 0.0292. The van der Waals surface area contributed by atoms with E-state index in [9.17, 15) is 4.79 Å². The van der Waals surface area contributed by atoms with Crippen LogP contribution >= 0.6 is 0 Å². The standard InChI is InChI=1S/C19H22N4O/c24-18(23-14-10-15-7-3-4-8-17(15)23)16-9-11-20-19(21-16)22-12-5-1-2-6-13-22/h3-4,7-9,11H,1-2,5-6,10,12-14H2. The van der Waals surface area contributed by atoms with Gasteiger partial charge in [0.2, 0.25) is 5.95 Å². The van der Waals surface area contributed by atoms with Gasteiger partial charge in [-0.25, -0.2) is 9.97 Å². The van der Waals surface area contributed by atoms with Gasteiger partial charge in [0.25, 0.3) is 5.91 Å². The van der Waals surface area contributed by atoms with Crippen molar-refractivity contribution < 1.29 is 4.79 Å². The molecule has 5 nitrogen and oxygen atoms in total. The number of nitrogens with zero attached hydrogens (tertiary/aromatic N) is 4. The smallest absolute Gasteiger partial charge is 0.277 e. The van der Waals surface area contributed by atoms with Crippen LogP contribution in [0.1, 0.15) is 41.7 Å². The lowest BCUT2D eigenvalue weighted by Crippen LogP contribution is -2.31. The highest BCUT2D eigenvalue weighted by Gasteiger charge is 2.26. The van der Waals surface area contributed by atoms with Crippen LogP contribution in [0.2, 0.25) is 0 Å². The van der Waals surface area contributed by atoms with Gasteiger partial charge >= 0.3 is 0 Å². The maximum absolute atomic E-state index is 12.9. The highest BCUT2D eigenvalue weighted by Crippen LogP contribution is 2.28. The number of benzene rings is 1. The van der Waals surface area contributed by atoms with Crippen LogP contribution < -0.4 is 9.80 Å². The van der Waals surface area contributed by atoms with Crippen LogP contribution in [0.25, 0.3) is 0 Å². The maximum atomic E-state index is 12.9. The van der Waals surface area contributed by atoms with Crippen molar-refractivity contribution in [1.29, 1.82) is 0 Å². The molecule has 0 saturated carbocycles. The molecule has 5 heteroatoms. The van der Waals surface area contributed by atoms with Crippen molar-refractivity contribution in [3.05, 3.63) is 47.8 Å². The molecule has 1 aromatic heterocycles. The van der Waals surface area contributed by atoms with Gasteiger partial charge in [-0.15, -0.1) is 0 Å². The summed E-state index contributed by atoms with van der Waals surface area (Å²) < 4.78 is 0. The molecule has 0 atom stereocenters. The lowest BCUT2D eigenvalue weighted by molar-refractivity contribution is 0.0984. The Hall–Kier alpha value is -2.43. The minimum Gasteiger partial charge on any atom is -0.341 e. The van der Waals surface area contributed by atoms with Gasteiger partial charge in [-0.3, -0.25) is 4.79 Å². The Balaban J connectivity index is 1.58. The van der Waals surface area contributed by atoms with Crippen LogP contribution in [0, 0.1) is 0 Å². The Morgan fingerprint density at radius 2 is 1.75 bits per heavy atom. The molecule has 2 aliphatic heterocycles. The van der Waals surface area contributed by atoms with Gasteiger partial charge in [0.1, 0.15) is 5.69 Å². The van der Waals surface area contributed by atoms with E-state index in [0.29, 0.717) is 11.6 Å². The quantitative estimate of drug-likeness (QED) is 0.852. The molecular weight excluding hydrogens is 300 g/mol. The molecule has 0 radical (unpaired) electrons. The fourth-order valence-electron chi connectivity index (χ4n) is 3.58. The first kappa shape index (κ1) is 15.1. The summed E-state index contributed by atoms with van der Waals surface area (Å²) >= 11 is 0. The first-order valence-corrected chi connectivity index (χ1v) is 8.81. The van der Waals surface area contributed by atoms with Gasteiger partial charge in [-0.2, -0.15) is 0 Å². The zero-order valence-corrected chi connectivity index (χ0v) is 13.8. The number of carbonyl (C=O) groups excluding carboxylic acids is 1. The molecule has 1 saturated heterocycles. The van der Waals surface area contributed by atoms with E-state index in [2.05, 4.69) is 20.9 Å². The third-order valence-corrected chi connectivity index (χ3v) is 4.88. The van der Waals surface area contributed by atoms with Crippen molar-refractivity contribution in [2.24, 2.45) is 0 Å². The molecule has 4 rings (SSSR count). The Morgan fingerprint density at radius 3 is 2.58 bits per heavy atom. The van der Waals surface area contributed by atoms with Crippen LogP contribution in [-0.2, 0) is 6.42 Å². The van der Waals surface area contributed by atoms with Crippen molar-refractivity contribution in [3.8, 4) is 0 Å². The zero-order valence-electron chi connectivity index (χ0n) is 13.8. The van der Waals surface area contributed by atoms with Gasteiger partial charge < -0.3 is 9.80 Å². The summed E-state index contributed by atoms with van der Waals surface area (Å²) in [6.45, 7) is 2.68. The Kier molecular flexibility index (Phi) is 4.15. The molecule has 124 valence electrons. The molecule has 2 aliphatic rings. The van der Waals surface area contributed by atoms with E-state index in [1.165, 1.54) is 31.2 Å². The summed E-state index contributed by atoms with van der Waals surface area (Å²) in [4.78, 5) is 26.0. The van der Waals surface area contributed by atoms with Crippen LogP contribution in [0.5, 0.6) is 0 Å². The molecule has 1 amide bonds. The Labute approximate surface area is 142 Å². The number of rotatable bonds is 2. The monoisotopic (exact) mass is 322 g/mol. The summed E-state index contributed by atoms with van der Waals surface area (Å²) in [6, 6.07) is 9.83. The normalized spacial score (nSPS) is 17.5. The zero-order chi connectivity index (χ0) is 16.4. The van der Waals surface area contributed by atoms with E-state index in [1.54, 1.807) is 12.3 Å². The third kappa shape index (κ3) is 2.86. The Morgan fingerprint density at radius 1 is 0.958 bits per heavy atom. The Bertz CT molecular complexity index is 738. The van der Waals surface area contributed by atoms with Crippen molar-refractivity contribution in [2.45, 2.75) is 32.1 Å². The molecule has 3 heterocycles. The lowest BCUT2D eigenvalue weighted by Gasteiger charge is -2.21. The minimum atomic E-state index is -0.0292.